The molecule has 4 rings (SSSR count). The highest BCUT2D eigenvalue weighted by Gasteiger charge is 2.33. The lowest BCUT2D eigenvalue weighted by Gasteiger charge is -2.38. The molecule has 2 aromatic rings. The molecule has 166 valence electrons. The zero-order valence-corrected chi connectivity index (χ0v) is 18.7. The number of aromatic nitrogens is 2. The third-order valence-electron chi connectivity index (χ3n) is 5.82. The Morgan fingerprint density at radius 3 is 2.58 bits per heavy atom. The molecule has 1 unspecified atom stereocenters. The monoisotopic (exact) mass is 443 g/mol. The third-order valence-corrected chi connectivity index (χ3v) is 6.64. The molecule has 0 N–H and O–H groups in total. The van der Waals surface area contributed by atoms with Gasteiger partial charge in [-0.15, -0.1) is 0 Å². The number of carbonyl (C=O) groups is 2. The van der Waals surface area contributed by atoms with Crippen LogP contribution >= 0.6 is 11.5 Å². The molecule has 8 nitrogen and oxygen atoms in total. The summed E-state index contributed by atoms with van der Waals surface area (Å²) in [6, 6.07) is 10.2. The van der Waals surface area contributed by atoms with Crippen molar-refractivity contribution in [2.24, 2.45) is 5.92 Å². The van der Waals surface area contributed by atoms with Gasteiger partial charge in [0.15, 0.2) is 0 Å². The van der Waals surface area contributed by atoms with Crippen LogP contribution in [-0.2, 0) is 16.0 Å². The average molecular weight is 444 g/mol. The second kappa shape index (κ2) is 10.1. The van der Waals surface area contributed by atoms with E-state index in [1.807, 2.05) is 23.1 Å². The minimum Gasteiger partial charge on any atom is -0.450 e. The Kier molecular flexibility index (Phi) is 7.01. The van der Waals surface area contributed by atoms with Gasteiger partial charge in [0, 0.05) is 57.2 Å². The van der Waals surface area contributed by atoms with Crippen molar-refractivity contribution < 1.29 is 14.3 Å². The Bertz CT molecular complexity index is 882. The van der Waals surface area contributed by atoms with E-state index < -0.39 is 0 Å². The van der Waals surface area contributed by atoms with Gasteiger partial charge in [0.25, 0.3) is 0 Å². The van der Waals surface area contributed by atoms with Gasteiger partial charge in [-0.2, -0.15) is 4.37 Å². The van der Waals surface area contributed by atoms with Crippen LogP contribution < -0.4 is 4.90 Å². The van der Waals surface area contributed by atoms with Gasteiger partial charge in [0.2, 0.25) is 11.0 Å². The summed E-state index contributed by atoms with van der Waals surface area (Å²) < 4.78 is 9.59. The number of anilines is 1. The van der Waals surface area contributed by atoms with E-state index in [0.29, 0.717) is 39.3 Å². The predicted molar refractivity (Wildman–Crippen MR) is 119 cm³/mol. The first kappa shape index (κ1) is 21.5. The lowest BCUT2D eigenvalue weighted by Crippen LogP contribution is -2.53. The molecule has 9 heteroatoms. The zero-order valence-electron chi connectivity index (χ0n) is 17.9. The zero-order chi connectivity index (χ0) is 21.6. The van der Waals surface area contributed by atoms with Gasteiger partial charge < -0.3 is 19.4 Å². The molecule has 0 bridgehead atoms. The second-order valence-corrected chi connectivity index (χ2v) is 8.68. The quantitative estimate of drug-likeness (QED) is 0.707. The summed E-state index contributed by atoms with van der Waals surface area (Å²) in [6.45, 7) is 5.93. The number of benzene rings is 1. The lowest BCUT2D eigenvalue weighted by molar-refractivity contribution is -0.137. The van der Waals surface area contributed by atoms with Crippen LogP contribution in [0, 0.1) is 5.92 Å². The van der Waals surface area contributed by atoms with E-state index in [4.69, 9.17) is 9.72 Å². The summed E-state index contributed by atoms with van der Waals surface area (Å²) in [5.41, 5.74) is 1.19. The van der Waals surface area contributed by atoms with E-state index in [-0.39, 0.29) is 17.9 Å². The van der Waals surface area contributed by atoms with Crippen LogP contribution in [0.3, 0.4) is 0 Å². The maximum absolute atomic E-state index is 13.1. The molecule has 1 atom stereocenters. The van der Waals surface area contributed by atoms with E-state index in [0.717, 1.165) is 36.8 Å². The van der Waals surface area contributed by atoms with Crippen molar-refractivity contribution in [3.63, 3.8) is 0 Å². The number of amides is 2. The molecule has 0 aliphatic carbocycles. The average Bonchev–Trinajstić information content (AvgIpc) is 3.28. The number of hydrogen-bond acceptors (Lipinski definition) is 7. The molecule has 2 amide bonds. The van der Waals surface area contributed by atoms with Crippen LogP contribution in [0.25, 0.3) is 0 Å². The van der Waals surface area contributed by atoms with Crippen LogP contribution in [0.2, 0.25) is 0 Å². The highest BCUT2D eigenvalue weighted by Crippen LogP contribution is 2.26. The first-order valence-electron chi connectivity index (χ1n) is 11.0. The number of ether oxygens (including phenoxy) is 1. The SMILES string of the molecule is CCOC(=O)N1CCN(C(=O)C2CCCN(c3nc(Cc4ccccc4)ns3)C2)CC1. The number of piperazine rings is 1. The Morgan fingerprint density at radius 1 is 1.10 bits per heavy atom. The van der Waals surface area contributed by atoms with E-state index in [1.165, 1.54) is 17.1 Å². The summed E-state index contributed by atoms with van der Waals surface area (Å²) in [6.07, 6.45) is 2.29. The summed E-state index contributed by atoms with van der Waals surface area (Å²) in [5, 5.41) is 0.899. The predicted octanol–water partition coefficient (Wildman–Crippen LogP) is 2.65. The molecule has 2 saturated heterocycles. The molecule has 2 aliphatic heterocycles. The molecule has 1 aromatic carbocycles. The molecular weight excluding hydrogens is 414 g/mol. The van der Waals surface area contributed by atoms with Gasteiger partial charge in [-0.05, 0) is 25.3 Å². The van der Waals surface area contributed by atoms with E-state index in [1.54, 1.807) is 11.8 Å². The molecule has 0 radical (unpaired) electrons. The smallest absolute Gasteiger partial charge is 0.409 e. The fourth-order valence-electron chi connectivity index (χ4n) is 4.16. The Morgan fingerprint density at radius 2 is 1.84 bits per heavy atom. The van der Waals surface area contributed by atoms with Gasteiger partial charge in [0.1, 0.15) is 5.82 Å². The van der Waals surface area contributed by atoms with E-state index in [9.17, 15) is 9.59 Å². The fraction of sp³-hybridized carbons (Fsp3) is 0.545. The van der Waals surface area contributed by atoms with Gasteiger partial charge in [-0.25, -0.2) is 9.78 Å². The maximum atomic E-state index is 13.1. The number of nitrogens with zero attached hydrogens (tertiary/aromatic N) is 5. The third kappa shape index (κ3) is 5.33. The summed E-state index contributed by atoms with van der Waals surface area (Å²) >= 11 is 1.41. The van der Waals surface area contributed by atoms with Crippen molar-refractivity contribution in [1.82, 2.24) is 19.2 Å². The standard InChI is InChI=1S/C22H29N5O3S/c1-2-30-22(29)26-13-11-25(12-14-26)20(28)18-9-6-10-27(16-18)21-23-19(24-31-21)15-17-7-4-3-5-8-17/h3-5,7-8,18H,2,6,9-16H2,1H3. The normalized spacial score (nSPS) is 19.4. The van der Waals surface area contributed by atoms with Gasteiger partial charge >= 0.3 is 6.09 Å². The fourth-order valence-corrected chi connectivity index (χ4v) is 4.88. The van der Waals surface area contributed by atoms with Crippen molar-refractivity contribution in [3.8, 4) is 0 Å². The second-order valence-electron chi connectivity index (χ2n) is 7.95. The van der Waals surface area contributed by atoms with Crippen molar-refractivity contribution in [2.45, 2.75) is 26.2 Å². The molecular formula is C22H29N5O3S. The minimum atomic E-state index is -0.291. The van der Waals surface area contributed by atoms with Gasteiger partial charge in [-0.3, -0.25) is 4.79 Å². The van der Waals surface area contributed by atoms with Gasteiger partial charge in [0.05, 0.1) is 12.5 Å². The van der Waals surface area contributed by atoms with Crippen molar-refractivity contribution in [2.75, 3.05) is 50.8 Å². The molecule has 1 aromatic heterocycles. The number of piperidine rings is 1. The summed E-state index contributed by atoms with van der Waals surface area (Å²) in [7, 11) is 0. The molecule has 2 aliphatic rings. The Hall–Kier alpha value is -2.68. The summed E-state index contributed by atoms with van der Waals surface area (Å²) in [5.74, 6) is 0.973. The highest BCUT2D eigenvalue weighted by atomic mass is 32.1. The molecule has 31 heavy (non-hydrogen) atoms. The lowest BCUT2D eigenvalue weighted by atomic mass is 9.96. The van der Waals surface area contributed by atoms with Crippen LogP contribution in [0.5, 0.6) is 0 Å². The van der Waals surface area contributed by atoms with Crippen LogP contribution in [0.15, 0.2) is 30.3 Å². The van der Waals surface area contributed by atoms with Crippen LogP contribution in [0.1, 0.15) is 31.2 Å². The van der Waals surface area contributed by atoms with E-state index in [2.05, 4.69) is 21.4 Å². The van der Waals surface area contributed by atoms with E-state index >= 15 is 0 Å². The molecule has 0 saturated carbocycles. The van der Waals surface area contributed by atoms with Crippen molar-refractivity contribution in [1.29, 1.82) is 0 Å². The van der Waals surface area contributed by atoms with Crippen molar-refractivity contribution >= 4 is 28.7 Å². The Labute approximate surface area is 187 Å². The topological polar surface area (TPSA) is 78.9 Å². The first-order chi connectivity index (χ1) is 15.1. The number of rotatable bonds is 5. The largest absolute Gasteiger partial charge is 0.450 e. The Balaban J connectivity index is 1.31. The molecule has 2 fully saturated rings. The molecule has 3 heterocycles. The number of carbonyl (C=O) groups excluding carboxylic acids is 2. The van der Waals surface area contributed by atoms with Crippen LogP contribution in [-0.4, -0.2) is 77.0 Å². The highest BCUT2D eigenvalue weighted by molar-refractivity contribution is 7.09. The van der Waals surface area contributed by atoms with Gasteiger partial charge in [-0.1, -0.05) is 30.3 Å². The van der Waals surface area contributed by atoms with Crippen molar-refractivity contribution in [3.05, 3.63) is 41.7 Å². The maximum Gasteiger partial charge on any atom is 0.409 e. The minimum absolute atomic E-state index is 0.0376. The molecule has 0 spiro atoms. The number of hydrogen-bond donors (Lipinski definition) is 0. The van der Waals surface area contributed by atoms with Crippen LogP contribution in [0.4, 0.5) is 9.93 Å². The first-order valence-corrected chi connectivity index (χ1v) is 11.7. The summed E-state index contributed by atoms with van der Waals surface area (Å²) in [4.78, 5) is 35.5.